The van der Waals surface area contributed by atoms with Crippen molar-refractivity contribution < 1.29 is 149 Å². The Bertz CT molecular complexity index is 1980. The first kappa shape index (κ1) is 64.9. The number of aliphatic hydroxyl groups is 2. The Morgan fingerprint density at radius 1 is 0.864 bits per heavy atom. The Morgan fingerprint density at radius 3 is 1.59 bits per heavy atom. The molecule has 0 fully saturated rings. The van der Waals surface area contributed by atoms with Crippen LogP contribution in [0.2, 0.25) is 0 Å². The van der Waals surface area contributed by atoms with E-state index in [4.69, 9.17) is 44.0 Å². The second kappa shape index (κ2) is 33.5. The van der Waals surface area contributed by atoms with Crippen molar-refractivity contribution in [2.45, 2.75) is 61.2 Å². The fourth-order valence-corrected chi connectivity index (χ4v) is 3.95. The summed E-state index contributed by atoms with van der Waals surface area (Å²) in [6, 6.07) is 24.6. The molecule has 0 spiro atoms. The van der Waals surface area contributed by atoms with Crippen LogP contribution in [0.1, 0.15) is 54.2 Å². The van der Waals surface area contributed by atoms with Crippen LogP contribution in [0.3, 0.4) is 0 Å². The predicted octanol–water partition coefficient (Wildman–Crippen LogP) is 1.25. The fourth-order valence-electron chi connectivity index (χ4n) is 3.70. The number of phenolic OH excluding ortho intramolecular Hbond substituents is 1. The van der Waals surface area contributed by atoms with E-state index in [2.05, 4.69) is 41.1 Å². The molecule has 0 unspecified atom stereocenters. The van der Waals surface area contributed by atoms with Crippen LogP contribution in [0.25, 0.3) is 9.69 Å². The van der Waals surface area contributed by atoms with Crippen LogP contribution in [0, 0.1) is 38.3 Å². The van der Waals surface area contributed by atoms with E-state index in [1.807, 2.05) is 6.07 Å². The van der Waals surface area contributed by atoms with E-state index >= 15 is 0 Å². The summed E-state index contributed by atoms with van der Waals surface area (Å²) in [5.74, 6) is -0.399. The van der Waals surface area contributed by atoms with Gasteiger partial charge in [0.25, 0.3) is 18.3 Å². The van der Waals surface area contributed by atoms with Gasteiger partial charge in [-0.2, -0.15) is 5.26 Å². The number of nitriles is 1. The second-order valence-corrected chi connectivity index (χ2v) is 12.1. The molecule has 0 heterocycles. The number of nitrogens with one attached hydrogen (secondary N) is 2. The SMILES string of the molecule is C.C.C.Nc1ccc(O)cc1.O=CO[O-].[C-]#[N+]c1ccc(NC(=O)[C@@](C)(O)CBr)cc1C.[C-]#[N+]c1ccc(NC(=O)[C@@](C)(O)COc2ccc(C#N)cc2)cc1C.[H-].[K+].[K+]. The third kappa shape index (κ3) is 24.6. The van der Waals surface area contributed by atoms with E-state index in [0.29, 0.717) is 39.7 Å². The first-order valence-electron chi connectivity index (χ1n) is 15.5. The van der Waals surface area contributed by atoms with Gasteiger partial charge in [0.1, 0.15) is 23.7 Å². The molecule has 0 saturated carbocycles. The van der Waals surface area contributed by atoms with Gasteiger partial charge in [-0.25, -0.2) is 9.69 Å². The first-order chi connectivity index (χ1) is 25.5. The molecule has 2 atom stereocenters. The maximum atomic E-state index is 12.3. The number of nitrogens with two attached hydrogens (primary N) is 1. The van der Waals surface area contributed by atoms with Crippen molar-refractivity contribution in [1.29, 1.82) is 5.26 Å². The summed E-state index contributed by atoms with van der Waals surface area (Å²) in [5.41, 5.74) is 6.93. The molecular formula is C41H51BrK2N6O9. The van der Waals surface area contributed by atoms with Gasteiger partial charge in [0.2, 0.25) is 0 Å². The number of hydrogen-bond acceptors (Lipinski definition) is 11. The standard InChI is InChI=1S/C19H17N3O3.C12H13BrN2O2.C6H7NO.CH2O3.3CH4.2K.H/c1-13-10-15(6-9-17(13)21-3)22-18(23)19(2,24)12-25-16-7-4-14(11-20)5-8-16;1-8-6-9(4-5-10(8)14-3)15-11(16)12(2,17)7-13;7-5-1-3-6(8)4-2-5;2-1-4-3;;;;;;/h4-10,24H,12H2,1-2H3,(H,22,23);4-6,17H,7H2,1-2H3,(H,15,16);1-4,8H,7H2;1,3H;3*1H4;;;/q;;;;;;;2*+1;-1/p-1/t19-;12-;;;;;;;;/m00......../s1. The van der Waals surface area contributed by atoms with E-state index < -0.39 is 23.0 Å². The van der Waals surface area contributed by atoms with Crippen molar-refractivity contribution in [2.24, 2.45) is 0 Å². The number of aromatic hydroxyl groups is 1. The van der Waals surface area contributed by atoms with Crippen LogP contribution < -0.4 is 129 Å². The van der Waals surface area contributed by atoms with E-state index in [-0.39, 0.29) is 151 Å². The number of alkyl halides is 1. The number of anilines is 3. The molecule has 4 aromatic carbocycles. The molecule has 0 bridgehead atoms. The minimum absolute atomic E-state index is 0. The zero-order valence-electron chi connectivity index (χ0n) is 32.7. The summed E-state index contributed by atoms with van der Waals surface area (Å²) in [4.78, 5) is 41.9. The molecule has 15 nitrogen and oxygen atoms in total. The molecule has 2 amide bonds. The summed E-state index contributed by atoms with van der Waals surface area (Å²) >= 11 is 3.07. The smallest absolute Gasteiger partial charge is 1.00 e. The zero-order valence-corrected chi connectivity index (χ0v) is 39.5. The molecule has 59 heavy (non-hydrogen) atoms. The normalized spacial score (nSPS) is 10.7. The molecule has 0 aromatic heterocycles. The van der Waals surface area contributed by atoms with Crippen LogP contribution in [0.15, 0.2) is 84.9 Å². The average molecular weight is 930 g/mol. The van der Waals surface area contributed by atoms with Crippen molar-refractivity contribution in [3.63, 3.8) is 0 Å². The molecule has 0 aliphatic rings. The van der Waals surface area contributed by atoms with Crippen LogP contribution in [0.5, 0.6) is 11.5 Å². The number of rotatable bonds is 9. The minimum atomic E-state index is -1.75. The Balaban J connectivity index is -0.000000182. The molecule has 4 rings (SSSR count). The Hall–Kier alpha value is -3.21. The van der Waals surface area contributed by atoms with Crippen molar-refractivity contribution in [3.05, 3.63) is 124 Å². The average Bonchev–Trinajstić information content (AvgIpc) is 3.16. The van der Waals surface area contributed by atoms with Crippen LogP contribution >= 0.6 is 15.9 Å². The number of benzene rings is 4. The Labute approximate surface area is 442 Å². The molecule has 0 aliphatic heterocycles. The number of aryl methyl sites for hydroxylation is 2. The molecule has 308 valence electrons. The van der Waals surface area contributed by atoms with E-state index in [9.17, 15) is 19.8 Å². The Morgan fingerprint density at radius 2 is 1.27 bits per heavy atom. The number of hydrogen-bond donors (Lipinski definition) is 6. The van der Waals surface area contributed by atoms with E-state index in [0.717, 1.165) is 11.1 Å². The Kier molecular flexibility index (Phi) is 36.9. The van der Waals surface area contributed by atoms with Gasteiger partial charge < -0.3 is 48.0 Å². The van der Waals surface area contributed by atoms with Crippen molar-refractivity contribution in [3.8, 4) is 17.6 Å². The number of carbonyl (C=O) groups excluding carboxylic acids is 3. The molecular weight excluding hydrogens is 879 g/mol. The van der Waals surface area contributed by atoms with Crippen molar-refractivity contribution >= 4 is 62.7 Å². The number of phenols is 1. The summed E-state index contributed by atoms with van der Waals surface area (Å²) in [6.45, 7) is 19.9. The monoisotopic (exact) mass is 928 g/mol. The van der Waals surface area contributed by atoms with Gasteiger partial charge in [0, 0.05) is 22.4 Å². The second-order valence-electron chi connectivity index (χ2n) is 11.5. The number of carbonyl (C=O) groups is 3. The molecule has 0 saturated heterocycles. The van der Waals surface area contributed by atoms with Gasteiger partial charge in [-0.05, 0) is 112 Å². The minimum Gasteiger partial charge on any atom is -1.00 e. The molecule has 0 aliphatic carbocycles. The molecule has 0 radical (unpaired) electrons. The number of nitrogen functional groups attached to an aromatic ring is 1. The fraction of sp³-hybridized carbons (Fsp3) is 0.268. The van der Waals surface area contributed by atoms with Crippen LogP contribution in [0.4, 0.5) is 28.4 Å². The van der Waals surface area contributed by atoms with E-state index in [1.165, 1.54) is 13.8 Å². The molecule has 18 heteroatoms. The molecule has 7 N–H and O–H groups in total. The molecule has 4 aromatic rings. The van der Waals surface area contributed by atoms with Gasteiger partial charge in [0.15, 0.2) is 17.0 Å². The summed E-state index contributed by atoms with van der Waals surface area (Å²) in [5, 5.41) is 51.3. The van der Waals surface area contributed by atoms with Crippen molar-refractivity contribution in [1.82, 2.24) is 0 Å². The van der Waals surface area contributed by atoms with Gasteiger partial charge in [-0.1, -0.05) is 50.3 Å². The van der Waals surface area contributed by atoms with Gasteiger partial charge in [-0.3, -0.25) is 14.4 Å². The third-order valence-electron chi connectivity index (χ3n) is 6.82. The van der Waals surface area contributed by atoms with Crippen LogP contribution in [-0.2, 0) is 19.3 Å². The number of halogens is 1. The van der Waals surface area contributed by atoms with Gasteiger partial charge in [-0.15, -0.1) is 0 Å². The maximum Gasteiger partial charge on any atom is 1.00 e. The largest absolute Gasteiger partial charge is 1.00 e. The number of amides is 2. The maximum absolute atomic E-state index is 12.3. The number of nitrogens with zero attached hydrogens (tertiary/aromatic N) is 3. The van der Waals surface area contributed by atoms with Crippen LogP contribution in [-0.4, -0.2) is 56.7 Å². The third-order valence-corrected chi connectivity index (χ3v) is 7.92. The first-order valence-corrected chi connectivity index (χ1v) is 16.6. The topological polar surface area (TPSA) is 236 Å². The predicted molar refractivity (Wildman–Crippen MR) is 225 cm³/mol. The summed E-state index contributed by atoms with van der Waals surface area (Å²) in [7, 11) is 0. The van der Waals surface area contributed by atoms with Crippen molar-refractivity contribution in [2.75, 3.05) is 28.3 Å². The summed E-state index contributed by atoms with van der Waals surface area (Å²) in [6.07, 6.45) is 0. The van der Waals surface area contributed by atoms with E-state index in [1.54, 1.807) is 98.8 Å². The zero-order chi connectivity index (χ0) is 40.9. The quantitative estimate of drug-likeness (QED) is 0.0204. The van der Waals surface area contributed by atoms with Gasteiger partial charge >= 0.3 is 103 Å². The van der Waals surface area contributed by atoms with Gasteiger partial charge in [0.05, 0.1) is 24.8 Å². The number of ether oxygens (including phenoxy) is 1. The summed E-state index contributed by atoms with van der Waals surface area (Å²) < 4.78 is 5.43.